The van der Waals surface area contributed by atoms with Gasteiger partial charge in [0.15, 0.2) is 0 Å². The lowest BCUT2D eigenvalue weighted by atomic mass is 10.3. The average Bonchev–Trinajstić information content (AvgIpc) is 2.46. The van der Waals surface area contributed by atoms with E-state index in [-0.39, 0.29) is 17.0 Å². The van der Waals surface area contributed by atoms with Gasteiger partial charge in [-0.25, -0.2) is 4.39 Å². The number of hydrogen-bond donors (Lipinski definition) is 2. The van der Waals surface area contributed by atoms with Gasteiger partial charge >= 0.3 is 0 Å². The van der Waals surface area contributed by atoms with Crippen LogP contribution in [0.25, 0.3) is 0 Å². The van der Waals surface area contributed by atoms with E-state index < -0.39 is 0 Å². The first-order chi connectivity index (χ1) is 10.6. The monoisotopic (exact) mass is 324 g/mol. The molecule has 0 saturated carbocycles. The summed E-state index contributed by atoms with van der Waals surface area (Å²) in [6, 6.07) is 6.04. The van der Waals surface area contributed by atoms with E-state index in [1.807, 2.05) is 19.0 Å². The zero-order valence-corrected chi connectivity index (χ0v) is 13.2. The Morgan fingerprint density at radius 1 is 1.27 bits per heavy atom. The Labute approximate surface area is 133 Å². The van der Waals surface area contributed by atoms with Crippen LogP contribution in [-0.4, -0.2) is 42.1 Å². The van der Waals surface area contributed by atoms with E-state index in [1.54, 1.807) is 12.1 Å². The van der Waals surface area contributed by atoms with Crippen LogP contribution in [0.1, 0.15) is 6.42 Å². The topological polar surface area (TPSA) is 66.0 Å². The van der Waals surface area contributed by atoms with Crippen molar-refractivity contribution in [2.45, 2.75) is 6.42 Å². The van der Waals surface area contributed by atoms with E-state index in [9.17, 15) is 4.39 Å². The van der Waals surface area contributed by atoms with Crippen LogP contribution in [0.5, 0.6) is 0 Å². The Balaban J connectivity index is 2.12. The molecular weight excluding hydrogens is 307 g/mol. The summed E-state index contributed by atoms with van der Waals surface area (Å²) >= 11 is 5.94. The van der Waals surface area contributed by atoms with Crippen molar-refractivity contribution in [3.63, 3.8) is 0 Å². The van der Waals surface area contributed by atoms with E-state index in [1.165, 1.54) is 12.1 Å². The minimum Gasteiger partial charge on any atom is -0.344 e. The molecule has 2 N–H and O–H groups in total. The second-order valence-corrected chi connectivity index (χ2v) is 5.08. The van der Waals surface area contributed by atoms with E-state index in [0.29, 0.717) is 11.6 Å². The summed E-state index contributed by atoms with van der Waals surface area (Å²) in [5.74, 6) is 0.408. The quantitative estimate of drug-likeness (QED) is 0.763. The third-order valence-corrected chi connectivity index (χ3v) is 3.11. The van der Waals surface area contributed by atoms with Gasteiger partial charge in [-0.3, -0.25) is 0 Å². The van der Waals surface area contributed by atoms with Crippen LogP contribution in [-0.2, 0) is 0 Å². The molecule has 0 fully saturated rings. The highest BCUT2D eigenvalue weighted by atomic mass is 35.5. The first kappa shape index (κ1) is 16.4. The van der Waals surface area contributed by atoms with Crippen LogP contribution < -0.4 is 15.5 Å². The van der Waals surface area contributed by atoms with Crippen molar-refractivity contribution >= 4 is 29.2 Å². The molecule has 0 atom stereocenters. The molecule has 1 aromatic carbocycles. The van der Waals surface area contributed by atoms with Crippen LogP contribution in [0.4, 0.5) is 22.0 Å². The highest BCUT2D eigenvalue weighted by molar-refractivity contribution is 6.28. The lowest BCUT2D eigenvalue weighted by molar-refractivity contribution is 0.628. The maximum absolute atomic E-state index is 13.2. The van der Waals surface area contributed by atoms with Crippen molar-refractivity contribution in [1.82, 2.24) is 20.3 Å². The summed E-state index contributed by atoms with van der Waals surface area (Å²) in [6.45, 7) is 1.68. The average molecular weight is 325 g/mol. The van der Waals surface area contributed by atoms with Gasteiger partial charge < -0.3 is 15.5 Å². The minimum atomic E-state index is -0.338. The fourth-order valence-corrected chi connectivity index (χ4v) is 2.01. The molecule has 1 heterocycles. The SMILES string of the molecule is CNCCCN(C)c1nc(Cl)nc(Nc2cccc(F)c2)n1. The Hall–Kier alpha value is -1.99. The number of benzene rings is 1. The molecule has 0 aliphatic rings. The number of nitrogens with zero attached hydrogens (tertiary/aromatic N) is 4. The van der Waals surface area contributed by atoms with Gasteiger partial charge in [0.25, 0.3) is 0 Å². The third-order valence-electron chi connectivity index (χ3n) is 2.94. The van der Waals surface area contributed by atoms with E-state index in [4.69, 9.17) is 11.6 Å². The lowest BCUT2D eigenvalue weighted by Crippen LogP contribution is -2.24. The van der Waals surface area contributed by atoms with Crippen molar-refractivity contribution in [3.05, 3.63) is 35.4 Å². The van der Waals surface area contributed by atoms with Crippen molar-refractivity contribution in [3.8, 4) is 0 Å². The van der Waals surface area contributed by atoms with Gasteiger partial charge in [0, 0.05) is 19.3 Å². The molecule has 2 rings (SSSR count). The Bertz CT molecular complexity index is 624. The molecule has 0 spiro atoms. The highest BCUT2D eigenvalue weighted by Gasteiger charge is 2.09. The molecule has 0 amide bonds. The normalized spacial score (nSPS) is 10.5. The largest absolute Gasteiger partial charge is 0.344 e. The summed E-state index contributed by atoms with van der Waals surface area (Å²) in [4.78, 5) is 14.3. The van der Waals surface area contributed by atoms with Crippen molar-refractivity contribution in [2.24, 2.45) is 0 Å². The number of anilines is 3. The number of hydrogen-bond acceptors (Lipinski definition) is 6. The summed E-state index contributed by atoms with van der Waals surface area (Å²) < 4.78 is 13.2. The first-order valence-electron chi connectivity index (χ1n) is 6.88. The molecule has 0 unspecified atom stereocenters. The zero-order valence-electron chi connectivity index (χ0n) is 12.5. The van der Waals surface area contributed by atoms with Crippen molar-refractivity contribution in [1.29, 1.82) is 0 Å². The smallest absolute Gasteiger partial charge is 0.233 e. The molecule has 2 aromatic rings. The van der Waals surface area contributed by atoms with Gasteiger partial charge in [-0.15, -0.1) is 0 Å². The Morgan fingerprint density at radius 2 is 2.09 bits per heavy atom. The standard InChI is InChI=1S/C14H18ClFN6/c1-17-7-4-8-22(2)14-20-12(15)19-13(21-14)18-11-6-3-5-10(16)9-11/h3,5-6,9,17H,4,7-8H2,1-2H3,(H,18,19,20,21). The molecule has 0 bridgehead atoms. The molecule has 8 heteroatoms. The highest BCUT2D eigenvalue weighted by Crippen LogP contribution is 2.18. The molecular formula is C14H18ClFN6. The lowest BCUT2D eigenvalue weighted by Gasteiger charge is -2.17. The summed E-state index contributed by atoms with van der Waals surface area (Å²) in [7, 11) is 3.79. The molecule has 118 valence electrons. The fourth-order valence-electron chi connectivity index (χ4n) is 1.85. The number of halogens is 2. The van der Waals surface area contributed by atoms with Gasteiger partial charge in [0.05, 0.1) is 0 Å². The van der Waals surface area contributed by atoms with Crippen LogP contribution in [0.15, 0.2) is 24.3 Å². The molecule has 22 heavy (non-hydrogen) atoms. The third kappa shape index (κ3) is 4.78. The number of aromatic nitrogens is 3. The molecule has 1 aromatic heterocycles. The van der Waals surface area contributed by atoms with Gasteiger partial charge in [0.2, 0.25) is 17.2 Å². The van der Waals surface area contributed by atoms with Crippen molar-refractivity contribution in [2.75, 3.05) is 37.4 Å². The van der Waals surface area contributed by atoms with Crippen LogP contribution in [0.3, 0.4) is 0 Å². The van der Waals surface area contributed by atoms with Crippen LogP contribution in [0.2, 0.25) is 5.28 Å². The maximum Gasteiger partial charge on any atom is 0.233 e. The predicted molar refractivity (Wildman–Crippen MR) is 86.3 cm³/mol. The van der Waals surface area contributed by atoms with E-state index in [0.717, 1.165) is 19.5 Å². The molecule has 0 saturated heterocycles. The van der Waals surface area contributed by atoms with E-state index >= 15 is 0 Å². The summed E-state index contributed by atoms with van der Waals surface area (Å²) in [6.07, 6.45) is 0.947. The van der Waals surface area contributed by atoms with Crippen molar-refractivity contribution < 1.29 is 4.39 Å². The zero-order chi connectivity index (χ0) is 15.9. The minimum absolute atomic E-state index is 0.0874. The summed E-state index contributed by atoms with van der Waals surface area (Å²) in [5.41, 5.74) is 0.547. The summed E-state index contributed by atoms with van der Waals surface area (Å²) in [5, 5.41) is 6.09. The first-order valence-corrected chi connectivity index (χ1v) is 7.26. The molecule has 6 nitrogen and oxygen atoms in total. The number of nitrogens with one attached hydrogen (secondary N) is 2. The van der Waals surface area contributed by atoms with Gasteiger partial charge in [-0.05, 0) is 49.8 Å². The predicted octanol–water partition coefficient (Wildman–Crippen LogP) is 2.45. The van der Waals surface area contributed by atoms with Gasteiger partial charge in [0.1, 0.15) is 5.82 Å². The Kier molecular flexibility index (Phi) is 5.85. The van der Waals surface area contributed by atoms with Crippen LogP contribution >= 0.6 is 11.6 Å². The van der Waals surface area contributed by atoms with E-state index in [2.05, 4.69) is 25.6 Å². The second kappa shape index (κ2) is 7.86. The second-order valence-electron chi connectivity index (χ2n) is 4.74. The molecule has 0 radical (unpaired) electrons. The molecule has 0 aliphatic heterocycles. The maximum atomic E-state index is 13.2. The van der Waals surface area contributed by atoms with Gasteiger partial charge in [-0.2, -0.15) is 15.0 Å². The Morgan fingerprint density at radius 3 is 2.82 bits per heavy atom. The number of rotatable bonds is 7. The fraction of sp³-hybridized carbons (Fsp3) is 0.357. The van der Waals surface area contributed by atoms with Gasteiger partial charge in [-0.1, -0.05) is 6.07 Å². The van der Waals surface area contributed by atoms with Crippen LogP contribution in [0, 0.1) is 5.82 Å². The molecule has 0 aliphatic carbocycles.